The van der Waals surface area contributed by atoms with Crippen LogP contribution in [0.3, 0.4) is 0 Å². The molecule has 0 bridgehead atoms. The highest BCUT2D eigenvalue weighted by Gasteiger charge is 2.30. The molecule has 17 nitrogen and oxygen atoms in total. The van der Waals surface area contributed by atoms with Crippen molar-refractivity contribution in [2.45, 2.75) is 400 Å². The molecule has 0 saturated heterocycles. The van der Waals surface area contributed by atoms with E-state index in [1.165, 1.54) is 199 Å². The van der Waals surface area contributed by atoms with E-state index in [0.29, 0.717) is 25.7 Å². The van der Waals surface area contributed by atoms with E-state index in [4.69, 9.17) is 37.0 Å². The van der Waals surface area contributed by atoms with Crippen LogP contribution in [0.4, 0.5) is 0 Å². The van der Waals surface area contributed by atoms with Gasteiger partial charge in [0, 0.05) is 25.7 Å². The summed E-state index contributed by atoms with van der Waals surface area (Å²) < 4.78 is 68.4. The number of phosphoric ester groups is 2. The van der Waals surface area contributed by atoms with Crippen molar-refractivity contribution >= 4 is 39.5 Å². The lowest BCUT2D eigenvalue weighted by atomic mass is 10.0. The predicted molar refractivity (Wildman–Crippen MR) is 372 cm³/mol. The highest BCUT2D eigenvalue weighted by Crippen LogP contribution is 2.45. The van der Waals surface area contributed by atoms with E-state index in [2.05, 4.69) is 34.6 Å². The SMILES string of the molecule is CCCCCCCCCCCCCCCCCC(=O)OC[C@H](COP(=O)(O)OC[C@@H](O)COP(=O)(O)OC[C@@H](COC(=O)CCCCCCCCCC)OC(=O)CCCCCCCCCCCCCCCC)OC(=O)CCCCCCCCCCCCCCC(C)C. The topological polar surface area (TPSA) is 237 Å². The lowest BCUT2D eigenvalue weighted by Crippen LogP contribution is -2.30. The van der Waals surface area contributed by atoms with E-state index in [9.17, 15) is 43.2 Å². The second-order valence-corrected chi connectivity index (χ2v) is 29.7. The maximum Gasteiger partial charge on any atom is 0.472 e. The molecule has 0 aromatic carbocycles. The number of carbonyl (C=O) groups excluding carboxylic acids is 4. The number of hydrogen-bond donors (Lipinski definition) is 3. The van der Waals surface area contributed by atoms with Gasteiger partial charge in [-0.25, -0.2) is 9.13 Å². The number of ether oxygens (including phenoxy) is 4. The van der Waals surface area contributed by atoms with Crippen molar-refractivity contribution in [2.75, 3.05) is 39.6 Å². The van der Waals surface area contributed by atoms with Crippen LogP contribution in [0, 0.1) is 5.92 Å². The van der Waals surface area contributed by atoms with Gasteiger partial charge in [-0.3, -0.25) is 37.3 Å². The number of carbonyl (C=O) groups is 4. The third-order valence-corrected chi connectivity index (χ3v) is 18.9. The zero-order chi connectivity index (χ0) is 67.7. The van der Waals surface area contributed by atoms with Gasteiger partial charge in [0.25, 0.3) is 0 Å². The molecule has 0 aromatic rings. The molecule has 0 aliphatic heterocycles. The fraction of sp³-hybridized carbons (Fsp3) is 0.945. The Morgan fingerprint density at radius 3 is 0.739 bits per heavy atom. The number of hydrogen-bond acceptors (Lipinski definition) is 15. The summed E-state index contributed by atoms with van der Waals surface area (Å²) in [6.45, 7) is 7.26. The molecule has 0 aliphatic carbocycles. The number of esters is 4. The molecule has 2 unspecified atom stereocenters. The maximum atomic E-state index is 13.1. The first-order valence-electron chi connectivity index (χ1n) is 38.1. The highest BCUT2D eigenvalue weighted by atomic mass is 31.2. The Morgan fingerprint density at radius 1 is 0.293 bits per heavy atom. The molecule has 92 heavy (non-hydrogen) atoms. The van der Waals surface area contributed by atoms with Crippen LogP contribution in [0.1, 0.15) is 381 Å². The molecule has 0 saturated carbocycles. The quantitative estimate of drug-likeness (QED) is 0.0222. The Morgan fingerprint density at radius 2 is 0.500 bits per heavy atom. The average molecular weight is 1350 g/mol. The number of aliphatic hydroxyl groups is 1. The minimum absolute atomic E-state index is 0.108. The zero-order valence-corrected chi connectivity index (χ0v) is 61.5. The van der Waals surface area contributed by atoms with Crippen LogP contribution in [-0.4, -0.2) is 96.7 Å². The van der Waals surface area contributed by atoms with Crippen LogP contribution < -0.4 is 0 Å². The molecule has 0 fully saturated rings. The van der Waals surface area contributed by atoms with E-state index in [-0.39, 0.29) is 25.7 Å². The molecule has 5 atom stereocenters. The number of phosphoric acid groups is 2. The van der Waals surface area contributed by atoms with E-state index < -0.39 is 97.5 Å². The third kappa shape index (κ3) is 66.7. The molecule has 0 amide bonds. The van der Waals surface area contributed by atoms with Gasteiger partial charge in [0.05, 0.1) is 26.4 Å². The summed E-state index contributed by atoms with van der Waals surface area (Å²) in [5.41, 5.74) is 0. The molecule has 19 heteroatoms. The zero-order valence-electron chi connectivity index (χ0n) is 59.7. The summed E-state index contributed by atoms with van der Waals surface area (Å²) >= 11 is 0. The van der Waals surface area contributed by atoms with Crippen molar-refractivity contribution in [1.29, 1.82) is 0 Å². The van der Waals surface area contributed by atoms with Gasteiger partial charge in [-0.15, -0.1) is 0 Å². The second-order valence-electron chi connectivity index (χ2n) is 26.8. The van der Waals surface area contributed by atoms with Gasteiger partial charge < -0.3 is 33.8 Å². The maximum absolute atomic E-state index is 13.1. The van der Waals surface area contributed by atoms with Gasteiger partial charge in [0.15, 0.2) is 12.2 Å². The van der Waals surface area contributed by atoms with Crippen molar-refractivity contribution in [3.8, 4) is 0 Å². The fourth-order valence-corrected chi connectivity index (χ4v) is 12.8. The van der Waals surface area contributed by atoms with Crippen LogP contribution in [-0.2, 0) is 65.4 Å². The number of aliphatic hydroxyl groups excluding tert-OH is 1. The summed E-state index contributed by atoms with van der Waals surface area (Å²) in [4.78, 5) is 72.6. The largest absolute Gasteiger partial charge is 0.472 e. The highest BCUT2D eigenvalue weighted by molar-refractivity contribution is 7.47. The predicted octanol–water partition coefficient (Wildman–Crippen LogP) is 21.3. The van der Waals surface area contributed by atoms with E-state index in [1.54, 1.807) is 0 Å². The number of unbranched alkanes of at least 4 members (excludes halogenated alkanes) is 45. The molecule has 546 valence electrons. The van der Waals surface area contributed by atoms with Gasteiger partial charge in [-0.1, -0.05) is 330 Å². The van der Waals surface area contributed by atoms with Crippen molar-refractivity contribution < 1.29 is 80.2 Å². The van der Waals surface area contributed by atoms with E-state index in [0.717, 1.165) is 102 Å². The van der Waals surface area contributed by atoms with Crippen molar-refractivity contribution in [1.82, 2.24) is 0 Å². The monoisotopic (exact) mass is 1350 g/mol. The van der Waals surface area contributed by atoms with Crippen molar-refractivity contribution in [2.24, 2.45) is 5.92 Å². The van der Waals surface area contributed by atoms with E-state index >= 15 is 0 Å². The fourth-order valence-electron chi connectivity index (χ4n) is 11.2. The molecular formula is C73H142O17P2. The Labute approximate surface area is 562 Å². The van der Waals surface area contributed by atoms with Crippen LogP contribution in [0.5, 0.6) is 0 Å². The standard InChI is InChI=1S/C73H142O17P2/c1-6-9-12-15-18-21-23-25-27-29-33-37-42-47-52-57-71(76)84-63-69(90-73(78)59-54-49-44-39-35-31-30-32-36-40-45-50-55-66(4)5)65-88-92(81,82)86-61-67(74)60-85-91(79,80)87-64-68(62-83-70(75)56-51-46-41-20-17-14-11-8-3)89-72(77)58-53-48-43-38-34-28-26-24-22-19-16-13-10-7-2/h66-69,74H,6-65H2,1-5H3,(H,79,80)(H,81,82)/t67-,68+,69+/m0/s1. The molecule has 0 spiro atoms. The van der Waals surface area contributed by atoms with Crippen molar-refractivity contribution in [3.05, 3.63) is 0 Å². The molecule has 0 radical (unpaired) electrons. The van der Waals surface area contributed by atoms with Crippen LogP contribution in [0.2, 0.25) is 0 Å². The Hall–Kier alpha value is -1.94. The van der Waals surface area contributed by atoms with Crippen LogP contribution in [0.15, 0.2) is 0 Å². The number of rotatable bonds is 73. The Bertz CT molecular complexity index is 1770. The molecule has 0 heterocycles. The molecule has 0 aromatic heterocycles. The first kappa shape index (κ1) is 90.1. The van der Waals surface area contributed by atoms with Crippen LogP contribution >= 0.6 is 15.6 Å². The van der Waals surface area contributed by atoms with Gasteiger partial charge in [0.1, 0.15) is 19.3 Å². The lowest BCUT2D eigenvalue weighted by molar-refractivity contribution is -0.161. The first-order valence-corrected chi connectivity index (χ1v) is 41.1. The summed E-state index contributed by atoms with van der Waals surface area (Å²) in [5, 5.41) is 10.6. The van der Waals surface area contributed by atoms with Gasteiger partial charge in [0.2, 0.25) is 0 Å². The van der Waals surface area contributed by atoms with Gasteiger partial charge in [-0.2, -0.15) is 0 Å². The smallest absolute Gasteiger partial charge is 0.462 e. The van der Waals surface area contributed by atoms with Crippen LogP contribution in [0.25, 0.3) is 0 Å². The van der Waals surface area contributed by atoms with E-state index in [1.807, 2.05) is 0 Å². The van der Waals surface area contributed by atoms with Gasteiger partial charge in [-0.05, 0) is 31.6 Å². The normalized spacial score (nSPS) is 14.0. The first-order chi connectivity index (χ1) is 44.5. The summed E-state index contributed by atoms with van der Waals surface area (Å²) in [7, 11) is -9.90. The average Bonchev–Trinajstić information content (AvgIpc) is 3.14. The molecule has 3 N–H and O–H groups in total. The second kappa shape index (κ2) is 66.3. The lowest BCUT2D eigenvalue weighted by Gasteiger charge is -2.21. The summed E-state index contributed by atoms with van der Waals surface area (Å²) in [5.74, 6) is -1.34. The Balaban J connectivity index is 5.22. The van der Waals surface area contributed by atoms with Crippen molar-refractivity contribution in [3.63, 3.8) is 0 Å². The summed E-state index contributed by atoms with van der Waals surface area (Å²) in [6, 6.07) is 0. The Kier molecular flexibility index (Phi) is 64.9. The molecule has 0 aliphatic rings. The molecule has 0 rings (SSSR count). The molecular weight excluding hydrogens is 1210 g/mol. The summed E-state index contributed by atoms with van der Waals surface area (Å²) in [6.07, 6.45) is 54.0. The minimum Gasteiger partial charge on any atom is -0.462 e. The minimum atomic E-state index is -4.95. The van der Waals surface area contributed by atoms with Gasteiger partial charge >= 0.3 is 39.5 Å². The third-order valence-electron chi connectivity index (χ3n) is 17.0.